The molecule has 22 heavy (non-hydrogen) atoms. The van der Waals surface area contributed by atoms with Crippen LogP contribution in [0, 0.1) is 0 Å². The van der Waals surface area contributed by atoms with Crippen LogP contribution in [0.1, 0.15) is 6.92 Å². The Balaban J connectivity index is 2.38. The van der Waals surface area contributed by atoms with Crippen LogP contribution in [-0.4, -0.2) is 13.0 Å². The van der Waals surface area contributed by atoms with Crippen LogP contribution in [0.25, 0.3) is 10.9 Å². The van der Waals surface area contributed by atoms with E-state index in [9.17, 15) is 13.2 Å². The maximum Gasteiger partial charge on any atom is 0.211 e. The average molecular weight is 313 g/mol. The minimum absolute atomic E-state index is 0.130. The smallest absolute Gasteiger partial charge is 0.211 e. The van der Waals surface area contributed by atoms with Crippen molar-refractivity contribution >= 4 is 20.7 Å². The first kappa shape index (κ1) is 14.5. The van der Waals surface area contributed by atoms with Crippen LogP contribution in [0.15, 0.2) is 75.4 Å². The van der Waals surface area contributed by atoms with Crippen LogP contribution in [-0.2, 0) is 16.4 Å². The van der Waals surface area contributed by atoms with Crippen molar-refractivity contribution in [3.63, 3.8) is 0 Å². The molecule has 0 atom stereocenters. The molecule has 0 fully saturated rings. The third-order valence-electron chi connectivity index (χ3n) is 3.64. The summed E-state index contributed by atoms with van der Waals surface area (Å²) < 4.78 is 27.3. The van der Waals surface area contributed by atoms with Gasteiger partial charge in [0.1, 0.15) is 4.90 Å². The van der Waals surface area contributed by atoms with Gasteiger partial charge >= 0.3 is 0 Å². The second-order valence-electron chi connectivity index (χ2n) is 4.94. The lowest BCUT2D eigenvalue weighted by atomic mass is 10.2. The predicted molar refractivity (Wildman–Crippen MR) is 85.8 cm³/mol. The molecule has 0 saturated carbocycles. The Hall–Kier alpha value is -2.40. The second kappa shape index (κ2) is 5.42. The maximum atomic E-state index is 12.8. The van der Waals surface area contributed by atoms with Crippen molar-refractivity contribution in [1.82, 2.24) is 4.57 Å². The van der Waals surface area contributed by atoms with Crippen LogP contribution in [0.5, 0.6) is 0 Å². The Morgan fingerprint density at radius 2 is 1.59 bits per heavy atom. The van der Waals surface area contributed by atoms with E-state index in [1.54, 1.807) is 34.9 Å². The number of hydrogen-bond acceptors (Lipinski definition) is 3. The van der Waals surface area contributed by atoms with E-state index in [0.29, 0.717) is 11.9 Å². The standard InChI is InChI=1S/C17H15NO3S/c1-2-18-12-16(17(19)14-10-6-7-11-15(14)18)22(20,21)13-8-4-3-5-9-13/h3-12H,2H2,1H3. The van der Waals surface area contributed by atoms with Gasteiger partial charge in [-0.15, -0.1) is 0 Å². The molecule has 0 aliphatic rings. The van der Waals surface area contributed by atoms with Gasteiger partial charge in [-0.1, -0.05) is 30.3 Å². The van der Waals surface area contributed by atoms with Gasteiger partial charge in [-0.05, 0) is 31.2 Å². The van der Waals surface area contributed by atoms with Crippen LogP contribution in [0.4, 0.5) is 0 Å². The summed E-state index contributed by atoms with van der Waals surface area (Å²) in [6.07, 6.45) is 1.44. The predicted octanol–water partition coefficient (Wildman–Crippen LogP) is 2.85. The number of fused-ring (bicyclic) bond motifs is 1. The monoisotopic (exact) mass is 313 g/mol. The van der Waals surface area contributed by atoms with Crippen LogP contribution in [0.2, 0.25) is 0 Å². The number of pyridine rings is 1. The average Bonchev–Trinajstić information content (AvgIpc) is 2.56. The molecule has 3 rings (SSSR count). The first-order valence-corrected chi connectivity index (χ1v) is 8.46. The molecule has 0 spiro atoms. The summed E-state index contributed by atoms with van der Waals surface area (Å²) in [5.41, 5.74) is 0.283. The summed E-state index contributed by atoms with van der Waals surface area (Å²) in [6.45, 7) is 2.49. The molecule has 2 aromatic carbocycles. The van der Waals surface area contributed by atoms with E-state index in [0.717, 1.165) is 5.52 Å². The van der Waals surface area contributed by atoms with Crippen LogP contribution in [0.3, 0.4) is 0 Å². The quantitative estimate of drug-likeness (QED) is 0.747. The molecule has 5 heteroatoms. The number of rotatable bonds is 3. The van der Waals surface area contributed by atoms with Crippen molar-refractivity contribution in [2.75, 3.05) is 0 Å². The first-order chi connectivity index (χ1) is 10.6. The van der Waals surface area contributed by atoms with Crippen LogP contribution >= 0.6 is 0 Å². The highest BCUT2D eigenvalue weighted by atomic mass is 32.2. The van der Waals surface area contributed by atoms with Gasteiger partial charge in [0.2, 0.25) is 15.3 Å². The molecule has 4 nitrogen and oxygen atoms in total. The molecular weight excluding hydrogens is 298 g/mol. The van der Waals surface area contributed by atoms with Gasteiger partial charge < -0.3 is 4.57 Å². The molecule has 0 radical (unpaired) electrons. The molecule has 1 heterocycles. The zero-order valence-electron chi connectivity index (χ0n) is 12.1. The van der Waals surface area contributed by atoms with Gasteiger partial charge in [0.25, 0.3) is 0 Å². The van der Waals surface area contributed by atoms with Crippen molar-refractivity contribution in [3.05, 3.63) is 71.0 Å². The van der Waals surface area contributed by atoms with Crippen molar-refractivity contribution in [2.24, 2.45) is 0 Å². The second-order valence-corrected chi connectivity index (χ2v) is 6.86. The Kier molecular flexibility index (Phi) is 3.58. The number of sulfone groups is 1. The summed E-state index contributed by atoms with van der Waals surface area (Å²) in [7, 11) is -3.83. The van der Waals surface area contributed by atoms with E-state index in [1.165, 1.54) is 18.3 Å². The topological polar surface area (TPSA) is 56.1 Å². The summed E-state index contributed by atoms with van der Waals surface area (Å²) in [5, 5.41) is 0.418. The molecule has 0 aliphatic heterocycles. The van der Waals surface area contributed by atoms with E-state index in [1.807, 2.05) is 19.1 Å². The third-order valence-corrected chi connectivity index (χ3v) is 5.40. The normalized spacial score (nSPS) is 11.7. The van der Waals surface area contributed by atoms with Gasteiger partial charge in [0, 0.05) is 18.1 Å². The van der Waals surface area contributed by atoms with E-state index >= 15 is 0 Å². The summed E-state index contributed by atoms with van der Waals surface area (Å²) in [5.74, 6) is 0. The molecule has 0 unspecified atom stereocenters. The van der Waals surface area contributed by atoms with Crippen molar-refractivity contribution in [1.29, 1.82) is 0 Å². The summed E-state index contributed by atoms with van der Waals surface area (Å²) in [4.78, 5) is 12.6. The molecule has 112 valence electrons. The molecule has 0 bridgehead atoms. The van der Waals surface area contributed by atoms with Crippen LogP contribution < -0.4 is 5.43 Å². The van der Waals surface area contributed by atoms with E-state index in [2.05, 4.69) is 0 Å². The Morgan fingerprint density at radius 3 is 2.27 bits per heavy atom. The highest BCUT2D eigenvalue weighted by molar-refractivity contribution is 7.91. The summed E-state index contributed by atoms with van der Waals surface area (Å²) >= 11 is 0. The van der Waals surface area contributed by atoms with Crippen molar-refractivity contribution in [2.45, 2.75) is 23.3 Å². The first-order valence-electron chi connectivity index (χ1n) is 6.98. The van der Waals surface area contributed by atoms with Gasteiger partial charge in [0.05, 0.1) is 10.4 Å². The fourth-order valence-corrected chi connectivity index (χ4v) is 3.89. The Bertz CT molecular complexity index is 989. The SMILES string of the molecule is CCn1cc(S(=O)(=O)c2ccccc2)c(=O)c2ccccc21. The lowest BCUT2D eigenvalue weighted by Gasteiger charge is -2.12. The van der Waals surface area contributed by atoms with E-state index < -0.39 is 15.3 Å². The van der Waals surface area contributed by atoms with E-state index in [4.69, 9.17) is 0 Å². The molecular formula is C17H15NO3S. The lowest BCUT2D eigenvalue weighted by molar-refractivity contribution is 0.593. The number of benzene rings is 2. The highest BCUT2D eigenvalue weighted by Crippen LogP contribution is 2.20. The molecule has 0 aliphatic carbocycles. The van der Waals surface area contributed by atoms with Gasteiger partial charge in [-0.2, -0.15) is 0 Å². The number of hydrogen-bond donors (Lipinski definition) is 0. The Labute approximate surface area is 128 Å². The highest BCUT2D eigenvalue weighted by Gasteiger charge is 2.23. The zero-order chi connectivity index (χ0) is 15.7. The van der Waals surface area contributed by atoms with Gasteiger partial charge in [0.15, 0.2) is 0 Å². The number of aromatic nitrogens is 1. The van der Waals surface area contributed by atoms with Gasteiger partial charge in [-0.3, -0.25) is 4.79 Å². The molecule has 1 aromatic heterocycles. The number of aryl methyl sites for hydroxylation is 1. The van der Waals surface area contributed by atoms with Crippen molar-refractivity contribution in [3.8, 4) is 0 Å². The fraction of sp³-hybridized carbons (Fsp3) is 0.118. The lowest BCUT2D eigenvalue weighted by Crippen LogP contribution is -2.19. The molecule has 0 saturated heterocycles. The van der Waals surface area contributed by atoms with E-state index in [-0.39, 0.29) is 9.79 Å². The molecule has 3 aromatic rings. The largest absolute Gasteiger partial charge is 0.346 e. The third kappa shape index (κ3) is 2.23. The fourth-order valence-electron chi connectivity index (χ4n) is 2.50. The minimum atomic E-state index is -3.83. The van der Waals surface area contributed by atoms with Gasteiger partial charge in [-0.25, -0.2) is 8.42 Å². The maximum absolute atomic E-state index is 12.8. The van der Waals surface area contributed by atoms with Crippen molar-refractivity contribution < 1.29 is 8.42 Å². The zero-order valence-corrected chi connectivity index (χ0v) is 12.9. The summed E-state index contributed by atoms with van der Waals surface area (Å²) in [6, 6.07) is 15.1. The number of nitrogens with zero attached hydrogens (tertiary/aromatic N) is 1. The Morgan fingerprint density at radius 1 is 0.955 bits per heavy atom. The molecule has 0 N–H and O–H groups in total. The minimum Gasteiger partial charge on any atom is -0.346 e. The number of para-hydroxylation sites is 1. The molecule has 0 amide bonds.